The number of hydrogen-bond acceptors (Lipinski definition) is 5. The monoisotopic (exact) mass is 286 g/mol. The van der Waals surface area contributed by atoms with Gasteiger partial charge in [-0.3, -0.25) is 4.39 Å². The third-order valence-electron chi connectivity index (χ3n) is 3.64. The van der Waals surface area contributed by atoms with Crippen LogP contribution in [0, 0.1) is 5.92 Å². The molecule has 2 heterocycles. The molecule has 6 nitrogen and oxygen atoms in total. The molecule has 1 aliphatic carbocycles. The van der Waals surface area contributed by atoms with Gasteiger partial charge in [-0.15, -0.1) is 0 Å². The zero-order valence-corrected chi connectivity index (χ0v) is 10.6. The Hall–Kier alpha value is -1.31. The number of rotatable bonds is 2. The van der Waals surface area contributed by atoms with Gasteiger partial charge in [-0.25, -0.2) is 15.0 Å². The molecule has 0 aliphatic heterocycles. The average molecular weight is 287 g/mol. The van der Waals surface area contributed by atoms with E-state index in [1.165, 1.54) is 12.7 Å². The van der Waals surface area contributed by atoms with Crippen LogP contribution >= 0.6 is 11.6 Å². The summed E-state index contributed by atoms with van der Waals surface area (Å²) in [5, 5.41) is 20.0. The van der Waals surface area contributed by atoms with Gasteiger partial charge in [0, 0.05) is 5.92 Å². The summed E-state index contributed by atoms with van der Waals surface area (Å²) in [6.07, 6.45) is 0.975. The van der Waals surface area contributed by atoms with Gasteiger partial charge in [-0.05, 0) is 6.42 Å². The summed E-state index contributed by atoms with van der Waals surface area (Å²) in [4.78, 5) is 12.0. The van der Waals surface area contributed by atoms with Gasteiger partial charge in [0.15, 0.2) is 10.8 Å². The van der Waals surface area contributed by atoms with Crippen LogP contribution in [-0.4, -0.2) is 48.6 Å². The van der Waals surface area contributed by atoms with E-state index in [0.717, 1.165) is 0 Å². The first-order valence-corrected chi connectivity index (χ1v) is 6.26. The van der Waals surface area contributed by atoms with Crippen LogP contribution in [0.3, 0.4) is 0 Å². The first-order chi connectivity index (χ1) is 9.13. The molecule has 102 valence electrons. The Morgan fingerprint density at radius 1 is 1.32 bits per heavy atom. The van der Waals surface area contributed by atoms with Crippen LogP contribution in [0.4, 0.5) is 4.39 Å². The van der Waals surface area contributed by atoms with E-state index >= 15 is 0 Å². The summed E-state index contributed by atoms with van der Waals surface area (Å²) in [5.74, 6) is -0.574. The molecule has 8 heteroatoms. The molecule has 0 unspecified atom stereocenters. The summed E-state index contributed by atoms with van der Waals surface area (Å²) in [6.45, 7) is -0.670. The van der Waals surface area contributed by atoms with Crippen molar-refractivity contribution in [2.24, 2.45) is 5.92 Å². The molecule has 0 radical (unpaired) electrons. The Morgan fingerprint density at radius 3 is 2.79 bits per heavy atom. The van der Waals surface area contributed by atoms with E-state index in [-0.39, 0.29) is 5.15 Å². The molecule has 0 saturated heterocycles. The number of imidazole rings is 1. The predicted octanol–water partition coefficient (Wildman–Crippen LogP) is 0.732. The molecule has 3 rings (SSSR count). The lowest BCUT2D eigenvalue weighted by Crippen LogP contribution is -2.29. The first kappa shape index (κ1) is 12.7. The summed E-state index contributed by atoms with van der Waals surface area (Å²) >= 11 is 5.90. The van der Waals surface area contributed by atoms with Gasteiger partial charge in [-0.1, -0.05) is 11.6 Å². The number of fused-ring (bicyclic) bond motifs is 1. The molecule has 1 saturated carbocycles. The normalized spacial score (nSPS) is 31.2. The smallest absolute Gasteiger partial charge is 0.165 e. The van der Waals surface area contributed by atoms with Crippen LogP contribution in [0.2, 0.25) is 5.15 Å². The highest BCUT2D eigenvalue weighted by molar-refractivity contribution is 6.33. The topological polar surface area (TPSA) is 84.1 Å². The van der Waals surface area contributed by atoms with E-state index < -0.39 is 30.8 Å². The minimum atomic E-state index is -1.08. The number of aromatic nitrogens is 4. The van der Waals surface area contributed by atoms with Crippen molar-refractivity contribution in [3.8, 4) is 0 Å². The molecular formula is C11H12ClFN4O2. The van der Waals surface area contributed by atoms with Crippen LogP contribution in [-0.2, 0) is 0 Å². The highest BCUT2D eigenvalue weighted by Gasteiger charge is 2.42. The second-order valence-corrected chi connectivity index (χ2v) is 5.05. The van der Waals surface area contributed by atoms with Crippen molar-refractivity contribution in [1.82, 2.24) is 19.5 Å². The Labute approximate surface area is 112 Å². The quantitative estimate of drug-likeness (QED) is 0.795. The number of alkyl halides is 1. The molecule has 2 N–H and O–H groups in total. The first-order valence-electron chi connectivity index (χ1n) is 5.88. The number of aliphatic hydroxyl groups is 2. The predicted molar refractivity (Wildman–Crippen MR) is 65.5 cm³/mol. The van der Waals surface area contributed by atoms with Crippen molar-refractivity contribution < 1.29 is 14.6 Å². The fourth-order valence-electron chi connectivity index (χ4n) is 2.59. The van der Waals surface area contributed by atoms with Gasteiger partial charge >= 0.3 is 0 Å². The van der Waals surface area contributed by atoms with Gasteiger partial charge in [-0.2, -0.15) is 0 Å². The van der Waals surface area contributed by atoms with Gasteiger partial charge in [0.05, 0.1) is 25.1 Å². The highest BCUT2D eigenvalue weighted by atomic mass is 35.5. The summed E-state index contributed by atoms with van der Waals surface area (Å²) < 4.78 is 14.4. The molecule has 2 aromatic rings. The Balaban J connectivity index is 2.04. The Bertz CT molecular complexity index is 607. The maximum atomic E-state index is 12.8. The number of halogens is 2. The highest BCUT2D eigenvalue weighted by Crippen LogP contribution is 2.37. The van der Waals surface area contributed by atoms with Crippen LogP contribution in [0.25, 0.3) is 11.2 Å². The van der Waals surface area contributed by atoms with E-state index in [9.17, 15) is 14.6 Å². The van der Waals surface area contributed by atoms with Crippen molar-refractivity contribution in [3.63, 3.8) is 0 Å². The minimum absolute atomic E-state index is 0.221. The van der Waals surface area contributed by atoms with Gasteiger partial charge < -0.3 is 14.8 Å². The molecule has 1 aliphatic rings. The molecule has 4 atom stereocenters. The lowest BCUT2D eigenvalue weighted by molar-refractivity contribution is 0.00271. The number of nitrogens with zero attached hydrogens (tertiary/aromatic N) is 4. The van der Waals surface area contributed by atoms with Crippen LogP contribution in [0.15, 0.2) is 12.7 Å². The zero-order valence-electron chi connectivity index (χ0n) is 9.82. The van der Waals surface area contributed by atoms with Crippen molar-refractivity contribution >= 4 is 22.8 Å². The van der Waals surface area contributed by atoms with Gasteiger partial charge in [0.25, 0.3) is 0 Å². The fourth-order valence-corrected chi connectivity index (χ4v) is 2.77. The van der Waals surface area contributed by atoms with E-state index in [4.69, 9.17) is 11.6 Å². The average Bonchev–Trinajstić information content (AvgIpc) is 2.94. The lowest BCUT2D eigenvalue weighted by Gasteiger charge is -2.18. The third kappa shape index (κ3) is 1.89. The molecule has 1 fully saturated rings. The van der Waals surface area contributed by atoms with Crippen LogP contribution in [0.1, 0.15) is 12.5 Å². The molecule has 19 heavy (non-hydrogen) atoms. The second kappa shape index (κ2) is 4.66. The van der Waals surface area contributed by atoms with E-state index in [1.54, 1.807) is 4.57 Å². The van der Waals surface area contributed by atoms with E-state index in [1.807, 2.05) is 0 Å². The standard InChI is InChI=1S/C11H12ClFN4O2/c12-10-7-11(15-3-14-10)17(4-16-7)6-1-5(2-13)8(18)9(6)19/h3-6,8-9,18-19H,1-2H2/t5-,6-,8-,9+/m1/s1. The maximum Gasteiger partial charge on any atom is 0.165 e. The Morgan fingerprint density at radius 2 is 2.11 bits per heavy atom. The zero-order chi connectivity index (χ0) is 13.6. The summed E-state index contributed by atoms with van der Waals surface area (Å²) in [7, 11) is 0. The molecule has 0 aromatic carbocycles. The molecule has 0 bridgehead atoms. The third-order valence-corrected chi connectivity index (χ3v) is 3.92. The lowest BCUT2D eigenvalue weighted by atomic mass is 10.1. The SMILES string of the molecule is O[C@@H]1[C@@H](CF)C[C@@H](n2cnc3c(Cl)ncnc32)[C@@H]1O. The van der Waals surface area contributed by atoms with Gasteiger partial charge in [0.1, 0.15) is 17.9 Å². The van der Waals surface area contributed by atoms with Crippen LogP contribution in [0.5, 0.6) is 0 Å². The van der Waals surface area contributed by atoms with Crippen molar-refractivity contribution in [1.29, 1.82) is 0 Å². The van der Waals surface area contributed by atoms with Crippen molar-refractivity contribution in [3.05, 3.63) is 17.8 Å². The molecule has 2 aromatic heterocycles. The summed E-state index contributed by atoms with van der Waals surface area (Å²) in [5.41, 5.74) is 0.894. The van der Waals surface area contributed by atoms with E-state index in [2.05, 4.69) is 15.0 Å². The molecular weight excluding hydrogens is 275 g/mol. The number of aliphatic hydroxyl groups excluding tert-OH is 2. The largest absolute Gasteiger partial charge is 0.390 e. The van der Waals surface area contributed by atoms with Gasteiger partial charge in [0.2, 0.25) is 0 Å². The molecule has 0 spiro atoms. The van der Waals surface area contributed by atoms with Crippen molar-refractivity contribution in [2.75, 3.05) is 6.67 Å². The fraction of sp³-hybridized carbons (Fsp3) is 0.545. The Kier molecular flexibility index (Phi) is 3.12. The van der Waals surface area contributed by atoms with E-state index in [0.29, 0.717) is 17.6 Å². The maximum absolute atomic E-state index is 12.8. The van der Waals surface area contributed by atoms with Crippen LogP contribution < -0.4 is 0 Å². The van der Waals surface area contributed by atoms with Crippen molar-refractivity contribution in [2.45, 2.75) is 24.7 Å². The second-order valence-electron chi connectivity index (χ2n) is 4.69. The number of hydrogen-bond donors (Lipinski definition) is 2. The molecule has 0 amide bonds. The summed E-state index contributed by atoms with van der Waals surface area (Å²) in [6, 6.07) is -0.466. The minimum Gasteiger partial charge on any atom is -0.390 e.